The zero-order chi connectivity index (χ0) is 15.1. The van der Waals surface area contributed by atoms with E-state index in [9.17, 15) is 9.59 Å². The molecule has 0 N–H and O–H groups in total. The first-order chi connectivity index (χ1) is 8.96. The number of esters is 2. The van der Waals surface area contributed by atoms with Crippen LogP contribution >= 0.6 is 0 Å². The molecule has 0 aliphatic carbocycles. The monoisotopic (exact) mass is 200 g/mol. The number of carbonyl (C=O) groups excluding carboxylic acids is 2. The molecule has 0 amide bonds. The zero-order valence-corrected chi connectivity index (χ0v) is 6.94. The summed E-state index contributed by atoms with van der Waals surface area (Å²) >= 11 is 0. The van der Waals surface area contributed by atoms with Crippen LogP contribution in [0.3, 0.4) is 0 Å². The molecule has 3 rings (SSSR count). The maximum Gasteiger partial charge on any atom is 0.320 e. The molecule has 0 spiro atoms. The van der Waals surface area contributed by atoms with E-state index in [-0.39, 0.29) is 0 Å². The molecule has 4 atom stereocenters. The molecule has 0 saturated carbocycles. The number of carbonyl (C=O) groups is 2. The molecule has 2 fully saturated rings. The van der Waals surface area contributed by atoms with E-state index in [1.165, 1.54) is 0 Å². The molecule has 3 aliphatic heterocycles. The van der Waals surface area contributed by atoms with Gasteiger partial charge in [0.2, 0.25) is 0 Å². The first kappa shape index (κ1) is 4.14. The predicted molar refractivity (Wildman–Crippen MR) is 45.1 cm³/mol. The minimum absolute atomic E-state index is 1.05. The van der Waals surface area contributed by atoms with E-state index in [1.807, 2.05) is 0 Å². The summed E-state index contributed by atoms with van der Waals surface area (Å²) < 4.78 is 55.1. The van der Waals surface area contributed by atoms with Crippen molar-refractivity contribution >= 4 is 11.9 Å². The van der Waals surface area contributed by atoms with E-state index in [4.69, 9.17) is 13.0 Å². The van der Waals surface area contributed by atoms with Crippen molar-refractivity contribution in [3.05, 3.63) is 12.2 Å². The molecule has 0 aromatic heterocycles. The molecule has 3 aliphatic rings. The van der Waals surface area contributed by atoms with Gasteiger partial charge in [0.15, 0.2) is 0 Å². The molecule has 4 unspecified atom stereocenters. The summed E-state index contributed by atoms with van der Waals surface area (Å²) in [6.45, 7) is -5.58. The maximum atomic E-state index is 11.8. The Morgan fingerprint density at radius 3 is 2.14 bits per heavy atom. The van der Waals surface area contributed by atoms with Crippen LogP contribution in [-0.4, -0.2) is 23.1 Å². The second-order valence-corrected chi connectivity index (χ2v) is 3.72. The van der Waals surface area contributed by atoms with Gasteiger partial charge in [0.05, 0.1) is 11.2 Å². The van der Waals surface area contributed by atoms with Crippen molar-refractivity contribution in [3.63, 3.8) is 0 Å². The summed E-state index contributed by atoms with van der Waals surface area (Å²) in [5.74, 6) is -5.00. The third kappa shape index (κ3) is 0.661. The van der Waals surface area contributed by atoms with Gasteiger partial charge in [-0.1, -0.05) is 12.2 Å². The van der Waals surface area contributed by atoms with Gasteiger partial charge in [-0.25, -0.2) is 0 Å². The van der Waals surface area contributed by atoms with Crippen LogP contribution in [0.15, 0.2) is 12.2 Å². The predicted octanol–water partition coefficient (Wildman–Crippen LogP) is 0.420. The van der Waals surface area contributed by atoms with Gasteiger partial charge in [-0.05, 0) is 13.7 Å². The number of cyclic esters (lactones) is 2. The van der Waals surface area contributed by atoms with Crippen molar-refractivity contribution in [1.82, 2.24) is 0 Å². The summed E-state index contributed by atoms with van der Waals surface area (Å²) in [6, 6.07) is 0. The molecule has 3 heterocycles. The number of rotatable bonds is 0. The molecule has 74 valence electrons. The van der Waals surface area contributed by atoms with Crippen molar-refractivity contribution in [1.29, 1.82) is 0 Å². The SMILES string of the molecule is [2H]C([2H])([2H])C12C=CC(C([2H])([2H])[2H])(O1)C1C(=O)OC(=O)C12. The van der Waals surface area contributed by atoms with E-state index >= 15 is 0 Å². The minimum atomic E-state index is -2.79. The van der Waals surface area contributed by atoms with Crippen LogP contribution in [0, 0.1) is 11.8 Å². The van der Waals surface area contributed by atoms with Gasteiger partial charge in [0, 0.05) is 8.22 Å². The second kappa shape index (κ2) is 1.93. The third-order valence-corrected chi connectivity index (χ3v) is 2.88. The Bertz CT molecular complexity index is 503. The Hall–Kier alpha value is -1.16. The van der Waals surface area contributed by atoms with E-state index in [1.54, 1.807) is 0 Å². The fourth-order valence-corrected chi connectivity index (χ4v) is 2.27. The topological polar surface area (TPSA) is 52.6 Å². The molecule has 14 heavy (non-hydrogen) atoms. The standard InChI is InChI=1S/C10H10O4/c1-9-3-4-10(2,14-9)6-5(9)7(11)13-8(6)12/h3-6H,1-2H3/i1D3,2D3. The summed E-state index contributed by atoms with van der Waals surface area (Å²) in [4.78, 5) is 23.6. The highest BCUT2D eigenvalue weighted by molar-refractivity contribution is 5.99. The maximum absolute atomic E-state index is 11.8. The van der Waals surface area contributed by atoms with E-state index in [2.05, 4.69) is 4.74 Å². The smallest absolute Gasteiger partial charge is 0.320 e. The summed E-state index contributed by atoms with van der Waals surface area (Å²) in [6.07, 6.45) is 2.13. The quantitative estimate of drug-likeness (QED) is 0.323. The average molecular weight is 200 g/mol. The summed E-state index contributed by atoms with van der Waals surface area (Å²) in [5.41, 5.74) is -4.23. The lowest BCUT2D eigenvalue weighted by molar-refractivity contribution is -0.160. The molecular weight excluding hydrogens is 184 g/mol. The first-order valence-corrected chi connectivity index (χ1v) is 4.12. The van der Waals surface area contributed by atoms with Crippen LogP contribution in [0.4, 0.5) is 0 Å². The van der Waals surface area contributed by atoms with E-state index in [0.29, 0.717) is 0 Å². The van der Waals surface area contributed by atoms with Crippen LogP contribution in [0.5, 0.6) is 0 Å². The molecule has 0 radical (unpaired) electrons. The van der Waals surface area contributed by atoms with Gasteiger partial charge in [0.1, 0.15) is 11.8 Å². The lowest BCUT2D eigenvalue weighted by atomic mass is 9.73. The molecule has 4 nitrogen and oxygen atoms in total. The Morgan fingerprint density at radius 1 is 1.21 bits per heavy atom. The van der Waals surface area contributed by atoms with Crippen LogP contribution in [0.25, 0.3) is 0 Å². The highest BCUT2D eigenvalue weighted by Gasteiger charge is 2.69. The summed E-state index contributed by atoms with van der Waals surface area (Å²) in [5, 5.41) is 0. The molecule has 4 heteroatoms. The van der Waals surface area contributed by atoms with Crippen molar-refractivity contribution in [2.24, 2.45) is 11.8 Å². The molecule has 2 saturated heterocycles. The van der Waals surface area contributed by atoms with Crippen molar-refractivity contribution in [2.75, 3.05) is 0 Å². The minimum Gasteiger partial charge on any atom is -0.393 e. The van der Waals surface area contributed by atoms with Gasteiger partial charge in [-0.15, -0.1) is 0 Å². The van der Waals surface area contributed by atoms with Crippen LogP contribution < -0.4 is 0 Å². The number of ether oxygens (including phenoxy) is 2. The van der Waals surface area contributed by atoms with Crippen LogP contribution in [-0.2, 0) is 19.1 Å². The van der Waals surface area contributed by atoms with Crippen LogP contribution in [0.1, 0.15) is 21.9 Å². The average Bonchev–Trinajstić information content (AvgIpc) is 2.86. The summed E-state index contributed by atoms with van der Waals surface area (Å²) in [7, 11) is 0. The zero-order valence-electron chi connectivity index (χ0n) is 12.9. The lowest BCUT2D eigenvalue weighted by Crippen LogP contribution is -2.36. The van der Waals surface area contributed by atoms with Crippen molar-refractivity contribution in [3.8, 4) is 0 Å². The van der Waals surface area contributed by atoms with Gasteiger partial charge in [-0.3, -0.25) is 9.59 Å². The van der Waals surface area contributed by atoms with Crippen LogP contribution in [0.2, 0.25) is 0 Å². The van der Waals surface area contributed by atoms with E-state index in [0.717, 1.165) is 12.2 Å². The van der Waals surface area contributed by atoms with Crippen molar-refractivity contribution < 1.29 is 27.3 Å². The molecular formula is C10H10O4. The highest BCUT2D eigenvalue weighted by Crippen LogP contribution is 2.56. The third-order valence-electron chi connectivity index (χ3n) is 2.88. The Balaban J connectivity index is 2.24. The number of hydrogen-bond acceptors (Lipinski definition) is 4. The van der Waals surface area contributed by atoms with Gasteiger partial charge < -0.3 is 9.47 Å². The Morgan fingerprint density at radius 2 is 1.71 bits per heavy atom. The number of hydrogen-bond donors (Lipinski definition) is 0. The molecule has 2 bridgehead atoms. The second-order valence-electron chi connectivity index (χ2n) is 3.72. The van der Waals surface area contributed by atoms with Gasteiger partial charge in [0.25, 0.3) is 0 Å². The Labute approximate surface area is 89.3 Å². The Kier molecular flexibility index (Phi) is 0.572. The van der Waals surface area contributed by atoms with Crippen molar-refractivity contribution in [2.45, 2.75) is 24.9 Å². The normalized spacial score (nSPS) is 62.0. The lowest BCUT2D eigenvalue weighted by Gasteiger charge is -2.20. The molecule has 0 aromatic carbocycles. The molecule has 0 aromatic rings. The first-order valence-electron chi connectivity index (χ1n) is 7.12. The fourth-order valence-electron chi connectivity index (χ4n) is 2.27. The fraction of sp³-hybridized carbons (Fsp3) is 0.600. The number of fused-ring (bicyclic) bond motifs is 5. The van der Waals surface area contributed by atoms with Gasteiger partial charge >= 0.3 is 11.9 Å². The van der Waals surface area contributed by atoms with Gasteiger partial charge in [-0.2, -0.15) is 0 Å². The largest absolute Gasteiger partial charge is 0.393 e. The highest BCUT2D eigenvalue weighted by atomic mass is 16.6. The van der Waals surface area contributed by atoms with E-state index < -0.39 is 48.7 Å².